The molecule has 0 radical (unpaired) electrons. The highest BCUT2D eigenvalue weighted by Gasteiger charge is 2.40. The molecule has 2 unspecified atom stereocenters. The van der Waals surface area contributed by atoms with Crippen molar-refractivity contribution in [3.05, 3.63) is 99.9 Å². The van der Waals surface area contributed by atoms with Crippen LogP contribution in [0, 0.1) is 12.7 Å². The predicted octanol–water partition coefficient (Wildman–Crippen LogP) is 4.61. The second-order valence-electron chi connectivity index (χ2n) is 11.7. The molecule has 3 aromatic carbocycles. The summed E-state index contributed by atoms with van der Waals surface area (Å²) in [5.74, 6) is -0.569. The van der Waals surface area contributed by atoms with E-state index >= 15 is 0 Å². The highest BCUT2D eigenvalue weighted by atomic mass is 19.1. The molecule has 6 rings (SSSR count). The summed E-state index contributed by atoms with van der Waals surface area (Å²) in [7, 11) is 0. The highest BCUT2D eigenvalue weighted by Crippen LogP contribution is 2.36. The van der Waals surface area contributed by atoms with Crippen LogP contribution in [0.3, 0.4) is 0 Å². The lowest BCUT2D eigenvalue weighted by atomic mass is 9.86. The minimum Gasteiger partial charge on any atom is -0.489 e. The average Bonchev–Trinajstić information content (AvgIpc) is 3.33. The van der Waals surface area contributed by atoms with Crippen LogP contribution in [0.5, 0.6) is 5.75 Å². The zero-order valence-corrected chi connectivity index (χ0v) is 24.5. The van der Waals surface area contributed by atoms with E-state index < -0.39 is 17.6 Å². The summed E-state index contributed by atoms with van der Waals surface area (Å²) < 4.78 is 26.3. The number of morpholine rings is 1. The molecule has 3 heterocycles. The zero-order chi connectivity index (χ0) is 30.1. The first kappa shape index (κ1) is 29.0. The van der Waals surface area contributed by atoms with Crippen molar-refractivity contribution in [3.63, 3.8) is 0 Å². The molecule has 1 N–H and O–H groups in total. The Bertz CT molecular complexity index is 1560. The van der Waals surface area contributed by atoms with Gasteiger partial charge in [0, 0.05) is 37.2 Å². The summed E-state index contributed by atoms with van der Waals surface area (Å²) in [6, 6.07) is 18.0. The van der Waals surface area contributed by atoms with Crippen molar-refractivity contribution in [2.24, 2.45) is 0 Å². The molecule has 8 nitrogen and oxygen atoms in total. The smallest absolute Gasteiger partial charge is 0.255 e. The third-order valence-electron chi connectivity index (χ3n) is 8.88. The third kappa shape index (κ3) is 5.79. The number of imide groups is 1. The Morgan fingerprint density at radius 2 is 1.86 bits per heavy atom. The van der Waals surface area contributed by atoms with Crippen LogP contribution in [-0.4, -0.2) is 53.3 Å². The molecule has 0 aromatic heterocycles. The van der Waals surface area contributed by atoms with E-state index in [1.807, 2.05) is 19.1 Å². The number of piperidine rings is 1. The fourth-order valence-electron chi connectivity index (χ4n) is 6.55. The van der Waals surface area contributed by atoms with Gasteiger partial charge in [-0.15, -0.1) is 0 Å². The van der Waals surface area contributed by atoms with Crippen molar-refractivity contribution >= 4 is 17.7 Å². The van der Waals surface area contributed by atoms with Crippen molar-refractivity contribution < 1.29 is 28.2 Å². The van der Waals surface area contributed by atoms with E-state index in [1.165, 1.54) is 16.5 Å². The Hall–Kier alpha value is -4.08. The molecule has 0 saturated carbocycles. The SMILES string of the molecule is CCC1(c2ccc(F)cc2C)CN(Cc2ccc(COc3cccc4c3CN(C3CCC(=O)NC3=O)C4=O)cc2)CCO1. The molecule has 3 aliphatic rings. The summed E-state index contributed by atoms with van der Waals surface area (Å²) >= 11 is 0. The second kappa shape index (κ2) is 11.9. The van der Waals surface area contributed by atoms with Crippen molar-refractivity contribution in [1.29, 1.82) is 0 Å². The van der Waals surface area contributed by atoms with E-state index in [2.05, 4.69) is 41.4 Å². The van der Waals surface area contributed by atoms with E-state index in [1.54, 1.807) is 18.2 Å². The number of halogens is 1. The maximum atomic E-state index is 13.8. The van der Waals surface area contributed by atoms with Crippen LogP contribution in [0.4, 0.5) is 4.39 Å². The fraction of sp³-hybridized carbons (Fsp3) is 0.382. The van der Waals surface area contributed by atoms with Crippen LogP contribution in [-0.2, 0) is 39.6 Å². The molecule has 2 saturated heterocycles. The Labute approximate surface area is 250 Å². The lowest BCUT2D eigenvalue weighted by molar-refractivity contribution is -0.136. The van der Waals surface area contributed by atoms with Gasteiger partial charge in [0.1, 0.15) is 29.8 Å². The summed E-state index contributed by atoms with van der Waals surface area (Å²) in [5, 5.41) is 2.34. The van der Waals surface area contributed by atoms with E-state index in [0.717, 1.165) is 48.3 Å². The largest absolute Gasteiger partial charge is 0.489 e. The standard InChI is InChI=1S/C34H36FN3O5/c1-3-34(28-12-11-25(35)17-22(28)2)21-37(15-16-43-34)18-23-7-9-24(10-8-23)20-42-30-6-4-5-26-27(30)19-38(33(26)41)29-13-14-31(39)36-32(29)40/h4-12,17,29H,3,13-16,18-21H2,1-2H3,(H,36,39,40). The van der Waals surface area contributed by atoms with E-state index in [-0.39, 0.29) is 30.6 Å². The van der Waals surface area contributed by atoms with Crippen LogP contribution >= 0.6 is 0 Å². The average molecular weight is 586 g/mol. The van der Waals surface area contributed by atoms with E-state index in [4.69, 9.17) is 9.47 Å². The minimum atomic E-state index is -0.661. The molecule has 0 bridgehead atoms. The van der Waals surface area contributed by atoms with Gasteiger partial charge in [0.2, 0.25) is 11.8 Å². The van der Waals surface area contributed by atoms with Gasteiger partial charge in [0.25, 0.3) is 5.91 Å². The maximum absolute atomic E-state index is 13.8. The Kier molecular flexibility index (Phi) is 8.03. The number of aryl methyl sites for hydroxylation is 1. The monoisotopic (exact) mass is 585 g/mol. The number of fused-ring (bicyclic) bond motifs is 1. The molecular weight excluding hydrogens is 549 g/mol. The first-order valence-electron chi connectivity index (χ1n) is 14.9. The lowest BCUT2D eigenvalue weighted by Gasteiger charge is -2.43. The number of nitrogens with zero attached hydrogens (tertiary/aromatic N) is 2. The third-order valence-corrected chi connectivity index (χ3v) is 8.88. The van der Waals surface area contributed by atoms with Crippen LogP contribution in [0.1, 0.15) is 64.4 Å². The number of benzene rings is 3. The van der Waals surface area contributed by atoms with Gasteiger partial charge in [0.15, 0.2) is 0 Å². The molecule has 3 amide bonds. The minimum absolute atomic E-state index is 0.217. The number of rotatable bonds is 8. The topological polar surface area (TPSA) is 88.2 Å². The molecule has 3 aromatic rings. The number of hydrogen-bond acceptors (Lipinski definition) is 6. The zero-order valence-electron chi connectivity index (χ0n) is 24.5. The van der Waals surface area contributed by atoms with Gasteiger partial charge in [-0.2, -0.15) is 0 Å². The highest BCUT2D eigenvalue weighted by molar-refractivity contribution is 6.05. The number of carbonyl (C=O) groups is 3. The number of nitrogens with one attached hydrogen (secondary N) is 1. The number of hydrogen-bond donors (Lipinski definition) is 1. The van der Waals surface area contributed by atoms with Gasteiger partial charge in [-0.3, -0.25) is 24.6 Å². The summed E-state index contributed by atoms with van der Waals surface area (Å²) in [4.78, 5) is 41.0. The Morgan fingerprint density at radius 3 is 2.60 bits per heavy atom. The molecule has 0 aliphatic carbocycles. The van der Waals surface area contributed by atoms with Crippen molar-refractivity contribution in [2.75, 3.05) is 19.7 Å². The van der Waals surface area contributed by atoms with E-state index in [0.29, 0.717) is 30.9 Å². The quantitative estimate of drug-likeness (QED) is 0.389. The number of ether oxygens (including phenoxy) is 2. The van der Waals surface area contributed by atoms with Gasteiger partial charge < -0.3 is 14.4 Å². The fourth-order valence-corrected chi connectivity index (χ4v) is 6.55. The molecular formula is C34H36FN3O5. The summed E-state index contributed by atoms with van der Waals surface area (Å²) in [6.07, 6.45) is 1.34. The summed E-state index contributed by atoms with van der Waals surface area (Å²) in [5.41, 5.74) is 4.96. The van der Waals surface area contributed by atoms with Crippen molar-refractivity contribution in [3.8, 4) is 5.75 Å². The van der Waals surface area contributed by atoms with Gasteiger partial charge in [-0.25, -0.2) is 4.39 Å². The van der Waals surface area contributed by atoms with Crippen LogP contribution in [0.15, 0.2) is 60.7 Å². The normalized spacial score (nSPS) is 22.4. The lowest BCUT2D eigenvalue weighted by Crippen LogP contribution is -2.52. The Morgan fingerprint density at radius 1 is 1.07 bits per heavy atom. The van der Waals surface area contributed by atoms with Crippen molar-refractivity contribution in [2.45, 2.75) is 64.4 Å². The first-order chi connectivity index (χ1) is 20.8. The van der Waals surface area contributed by atoms with Gasteiger partial charge >= 0.3 is 0 Å². The van der Waals surface area contributed by atoms with Crippen LogP contribution in [0.2, 0.25) is 0 Å². The van der Waals surface area contributed by atoms with Crippen molar-refractivity contribution in [1.82, 2.24) is 15.1 Å². The molecule has 2 atom stereocenters. The molecule has 224 valence electrons. The van der Waals surface area contributed by atoms with Gasteiger partial charge in [0.05, 0.1) is 13.2 Å². The van der Waals surface area contributed by atoms with Gasteiger partial charge in [-0.1, -0.05) is 43.3 Å². The molecule has 3 aliphatic heterocycles. The predicted molar refractivity (Wildman–Crippen MR) is 158 cm³/mol. The maximum Gasteiger partial charge on any atom is 0.255 e. The van der Waals surface area contributed by atoms with Gasteiger partial charge in [-0.05, 0) is 66.3 Å². The molecule has 9 heteroatoms. The van der Waals surface area contributed by atoms with Crippen LogP contribution in [0.25, 0.3) is 0 Å². The number of carbonyl (C=O) groups excluding carboxylic acids is 3. The first-order valence-corrected chi connectivity index (χ1v) is 14.9. The summed E-state index contributed by atoms with van der Waals surface area (Å²) in [6.45, 7) is 7.60. The molecule has 2 fully saturated rings. The number of amides is 3. The second-order valence-corrected chi connectivity index (χ2v) is 11.7. The molecule has 43 heavy (non-hydrogen) atoms. The van der Waals surface area contributed by atoms with E-state index in [9.17, 15) is 18.8 Å². The Balaban J connectivity index is 1.09. The molecule has 0 spiro atoms. The van der Waals surface area contributed by atoms with Crippen LogP contribution < -0.4 is 10.1 Å².